The van der Waals surface area contributed by atoms with Crippen LogP contribution >= 0.6 is 0 Å². The molecule has 1 aromatic rings. The van der Waals surface area contributed by atoms with E-state index in [0.29, 0.717) is 5.56 Å². The van der Waals surface area contributed by atoms with Gasteiger partial charge in [-0.05, 0) is 47.1 Å². The zero-order chi connectivity index (χ0) is 34.4. The SMILES string of the molecule is CC(C)(C)OC(=O)N[C@@H]1C[C@@H](C(=O)O)N(C(=O)[C@@H](CC(=O)N2CCN(C(=O)OC(C)(C)C)CC2)CS(=O)(=O)Cc2ccccc2)C1. The van der Waals surface area contributed by atoms with Crippen LogP contribution in [0.4, 0.5) is 9.59 Å². The number of hydrogen-bond donors (Lipinski definition) is 2. The fraction of sp³-hybridized carbons (Fsp3) is 0.645. The minimum atomic E-state index is -3.94. The summed E-state index contributed by atoms with van der Waals surface area (Å²) in [6.45, 7) is 10.7. The Morgan fingerprint density at radius 2 is 1.48 bits per heavy atom. The third-order valence-electron chi connectivity index (χ3n) is 7.33. The molecule has 14 nitrogen and oxygen atoms in total. The number of alkyl carbamates (subject to hydrolysis) is 1. The third kappa shape index (κ3) is 11.2. The average molecular weight is 667 g/mol. The van der Waals surface area contributed by atoms with E-state index in [2.05, 4.69) is 5.32 Å². The van der Waals surface area contributed by atoms with Crippen LogP contribution in [0.5, 0.6) is 0 Å². The van der Waals surface area contributed by atoms with E-state index in [1.54, 1.807) is 71.9 Å². The first-order chi connectivity index (χ1) is 21.2. The highest BCUT2D eigenvalue weighted by Gasteiger charge is 2.44. The first-order valence-corrected chi connectivity index (χ1v) is 17.1. The van der Waals surface area contributed by atoms with Crippen molar-refractivity contribution in [3.8, 4) is 0 Å². The van der Waals surface area contributed by atoms with Gasteiger partial charge in [0.25, 0.3) is 0 Å². The fourth-order valence-electron chi connectivity index (χ4n) is 5.34. The number of carbonyl (C=O) groups excluding carboxylic acids is 4. The van der Waals surface area contributed by atoms with E-state index in [1.807, 2.05) is 0 Å². The molecule has 0 bridgehead atoms. The van der Waals surface area contributed by atoms with Crippen molar-refractivity contribution in [2.24, 2.45) is 5.92 Å². The molecular weight excluding hydrogens is 620 g/mol. The summed E-state index contributed by atoms with van der Waals surface area (Å²) < 4.78 is 37.3. The highest BCUT2D eigenvalue weighted by molar-refractivity contribution is 7.90. The summed E-state index contributed by atoms with van der Waals surface area (Å²) in [6, 6.07) is 6.28. The minimum Gasteiger partial charge on any atom is -0.480 e. The number of carboxylic acid groups (broad SMARTS) is 1. The summed E-state index contributed by atoms with van der Waals surface area (Å²) in [5, 5.41) is 12.5. The van der Waals surface area contributed by atoms with Gasteiger partial charge in [0.05, 0.1) is 23.5 Å². The molecule has 0 aromatic heterocycles. The second-order valence-corrected chi connectivity index (χ2v) is 15.8. The molecule has 3 rings (SSSR count). The van der Waals surface area contributed by atoms with Gasteiger partial charge in [-0.15, -0.1) is 0 Å². The zero-order valence-electron chi connectivity index (χ0n) is 27.4. The summed E-state index contributed by atoms with van der Waals surface area (Å²) in [5.74, 6) is -5.06. The standard InChI is InChI=1S/C31H46N4O10S/c1-30(2,3)44-28(40)32-23-17-24(27(38)39)35(18-23)26(37)22(20-46(42,43)19-21-10-8-7-9-11-21)16-25(36)33-12-14-34(15-13-33)29(41)45-31(4,5)6/h7-11,22-24H,12-20H2,1-6H3,(H,32,40)(H,38,39)/t22-,23+,24-/m0/s1. The molecule has 0 aliphatic carbocycles. The lowest BCUT2D eigenvalue weighted by Crippen LogP contribution is -2.52. The first kappa shape index (κ1) is 36.6. The van der Waals surface area contributed by atoms with Gasteiger partial charge in [-0.3, -0.25) is 9.59 Å². The van der Waals surface area contributed by atoms with Gasteiger partial charge < -0.3 is 34.6 Å². The number of hydrogen-bond acceptors (Lipinski definition) is 9. The van der Waals surface area contributed by atoms with Crippen LogP contribution in [-0.4, -0.2) is 120 Å². The van der Waals surface area contributed by atoms with Crippen molar-refractivity contribution in [3.05, 3.63) is 35.9 Å². The van der Waals surface area contributed by atoms with E-state index >= 15 is 0 Å². The summed E-state index contributed by atoms with van der Waals surface area (Å²) in [6.07, 6.45) is -1.89. The van der Waals surface area contributed by atoms with E-state index in [4.69, 9.17) is 9.47 Å². The number of rotatable bonds is 9. The molecule has 15 heteroatoms. The smallest absolute Gasteiger partial charge is 0.410 e. The van der Waals surface area contributed by atoms with E-state index in [-0.39, 0.29) is 44.9 Å². The molecule has 4 amide bonds. The van der Waals surface area contributed by atoms with Crippen LogP contribution < -0.4 is 5.32 Å². The lowest BCUT2D eigenvalue weighted by molar-refractivity contribution is -0.150. The molecule has 2 aliphatic rings. The molecule has 2 saturated heterocycles. The molecular formula is C31H46N4O10S. The van der Waals surface area contributed by atoms with Crippen molar-refractivity contribution >= 4 is 39.8 Å². The number of nitrogens with one attached hydrogen (secondary N) is 1. The van der Waals surface area contributed by atoms with Crippen LogP contribution in [0.1, 0.15) is 59.9 Å². The Hall–Kier alpha value is -3.88. The largest absolute Gasteiger partial charge is 0.480 e. The maximum Gasteiger partial charge on any atom is 0.410 e. The highest BCUT2D eigenvalue weighted by atomic mass is 32.2. The predicted molar refractivity (Wildman–Crippen MR) is 167 cm³/mol. The Morgan fingerprint density at radius 3 is 2.02 bits per heavy atom. The van der Waals surface area contributed by atoms with Crippen molar-refractivity contribution < 1.29 is 47.0 Å². The topological polar surface area (TPSA) is 180 Å². The van der Waals surface area contributed by atoms with Crippen LogP contribution in [0, 0.1) is 5.92 Å². The van der Waals surface area contributed by atoms with E-state index in [1.165, 1.54) is 9.80 Å². The van der Waals surface area contributed by atoms with Crippen LogP contribution in [0.15, 0.2) is 30.3 Å². The summed E-state index contributed by atoms with van der Waals surface area (Å²) >= 11 is 0. The number of nitrogens with zero attached hydrogens (tertiary/aromatic N) is 3. The third-order valence-corrected chi connectivity index (χ3v) is 9.01. The molecule has 0 unspecified atom stereocenters. The quantitative estimate of drug-likeness (QED) is 0.397. The van der Waals surface area contributed by atoms with Gasteiger partial charge in [-0.2, -0.15) is 0 Å². The van der Waals surface area contributed by atoms with Crippen LogP contribution in [0.3, 0.4) is 0 Å². The van der Waals surface area contributed by atoms with Gasteiger partial charge in [0.15, 0.2) is 9.84 Å². The minimum absolute atomic E-state index is 0.121. The molecule has 256 valence electrons. The summed E-state index contributed by atoms with van der Waals surface area (Å²) in [4.78, 5) is 68.4. The van der Waals surface area contributed by atoms with Crippen LogP contribution in [0.25, 0.3) is 0 Å². The first-order valence-electron chi connectivity index (χ1n) is 15.3. The Balaban J connectivity index is 1.78. The Labute approximate surface area is 270 Å². The lowest BCUT2D eigenvalue weighted by Gasteiger charge is -2.36. The second-order valence-electron chi connectivity index (χ2n) is 13.7. The van der Waals surface area contributed by atoms with Gasteiger partial charge in [-0.25, -0.2) is 22.8 Å². The van der Waals surface area contributed by atoms with Gasteiger partial charge in [-0.1, -0.05) is 30.3 Å². The molecule has 1 aromatic carbocycles. The van der Waals surface area contributed by atoms with Crippen molar-refractivity contribution in [2.75, 3.05) is 38.5 Å². The molecule has 0 radical (unpaired) electrons. The molecule has 3 atom stereocenters. The zero-order valence-corrected chi connectivity index (χ0v) is 28.2. The monoisotopic (exact) mass is 666 g/mol. The van der Waals surface area contributed by atoms with E-state index < -0.39 is 81.2 Å². The van der Waals surface area contributed by atoms with E-state index in [9.17, 15) is 37.5 Å². The fourth-order valence-corrected chi connectivity index (χ4v) is 7.03. The summed E-state index contributed by atoms with van der Waals surface area (Å²) in [7, 11) is -3.94. The normalized spacial score (nSPS) is 19.7. The number of ether oxygens (including phenoxy) is 2. The molecule has 2 heterocycles. The van der Waals surface area contributed by atoms with Crippen molar-refractivity contribution in [1.82, 2.24) is 20.0 Å². The maximum atomic E-state index is 14.0. The van der Waals surface area contributed by atoms with Gasteiger partial charge in [0, 0.05) is 45.6 Å². The van der Waals surface area contributed by atoms with Crippen molar-refractivity contribution in [3.63, 3.8) is 0 Å². The van der Waals surface area contributed by atoms with Crippen molar-refractivity contribution in [2.45, 2.75) is 83.4 Å². The molecule has 0 saturated carbocycles. The maximum absolute atomic E-state index is 14.0. The number of likely N-dealkylation sites (tertiary alicyclic amines) is 1. The molecule has 2 fully saturated rings. The Bertz CT molecular complexity index is 1380. The van der Waals surface area contributed by atoms with Gasteiger partial charge >= 0.3 is 18.2 Å². The molecule has 0 spiro atoms. The van der Waals surface area contributed by atoms with E-state index in [0.717, 1.165) is 4.90 Å². The van der Waals surface area contributed by atoms with Gasteiger partial charge in [0.1, 0.15) is 17.2 Å². The average Bonchev–Trinajstić information content (AvgIpc) is 3.34. The highest BCUT2D eigenvalue weighted by Crippen LogP contribution is 2.25. The molecule has 2 N–H and O–H groups in total. The predicted octanol–water partition coefficient (Wildman–Crippen LogP) is 2.27. The van der Waals surface area contributed by atoms with Crippen molar-refractivity contribution in [1.29, 1.82) is 0 Å². The number of piperazine rings is 1. The number of benzene rings is 1. The van der Waals surface area contributed by atoms with Crippen LogP contribution in [-0.2, 0) is 39.4 Å². The number of amides is 4. The lowest BCUT2D eigenvalue weighted by atomic mass is 10.0. The second kappa shape index (κ2) is 14.7. The Kier molecular flexibility index (Phi) is 11.7. The van der Waals surface area contributed by atoms with Crippen LogP contribution in [0.2, 0.25) is 0 Å². The van der Waals surface area contributed by atoms with Gasteiger partial charge in [0.2, 0.25) is 11.8 Å². The number of sulfone groups is 1. The summed E-state index contributed by atoms with van der Waals surface area (Å²) in [5.41, 5.74) is -0.987. The Morgan fingerprint density at radius 1 is 0.913 bits per heavy atom. The number of aliphatic carboxylic acids is 1. The number of carboxylic acids is 1. The molecule has 2 aliphatic heterocycles. The molecule has 46 heavy (non-hydrogen) atoms. The number of carbonyl (C=O) groups is 5.